The van der Waals surface area contributed by atoms with Gasteiger partial charge in [-0.1, -0.05) is 0 Å². The summed E-state index contributed by atoms with van der Waals surface area (Å²) in [6.45, 7) is 2.89. The quantitative estimate of drug-likeness (QED) is 0.356. The van der Waals surface area contributed by atoms with Gasteiger partial charge >= 0.3 is 0 Å². The summed E-state index contributed by atoms with van der Waals surface area (Å²) >= 11 is 0. The highest BCUT2D eigenvalue weighted by Crippen LogP contribution is 2.36. The number of anilines is 1. The zero-order valence-electron chi connectivity index (χ0n) is 21.7. The van der Waals surface area contributed by atoms with Crippen molar-refractivity contribution < 1.29 is 27.4 Å². The van der Waals surface area contributed by atoms with Crippen LogP contribution in [-0.2, 0) is 4.74 Å². The van der Waals surface area contributed by atoms with Crippen molar-refractivity contribution in [3.05, 3.63) is 59.7 Å². The highest BCUT2D eigenvalue weighted by Gasteiger charge is 2.26. The van der Waals surface area contributed by atoms with Crippen molar-refractivity contribution in [1.29, 1.82) is 0 Å². The number of hydrogen-bond donors (Lipinski definition) is 1. The van der Waals surface area contributed by atoms with Gasteiger partial charge in [0.05, 0.1) is 36.2 Å². The molecular weight excluding hydrogens is 525 g/mol. The van der Waals surface area contributed by atoms with Gasteiger partial charge in [0.1, 0.15) is 17.7 Å². The summed E-state index contributed by atoms with van der Waals surface area (Å²) in [6.07, 6.45) is 2.67. The van der Waals surface area contributed by atoms with Crippen LogP contribution >= 0.6 is 0 Å². The lowest BCUT2D eigenvalue weighted by atomic mass is 10.0. The number of rotatable bonds is 7. The molecule has 2 aliphatic heterocycles. The molecule has 1 amide bonds. The first-order chi connectivity index (χ1) is 19.4. The Balaban J connectivity index is 1.47. The molecule has 0 unspecified atom stereocenters. The zero-order valence-corrected chi connectivity index (χ0v) is 21.7. The van der Waals surface area contributed by atoms with Gasteiger partial charge < -0.3 is 19.7 Å². The van der Waals surface area contributed by atoms with E-state index >= 15 is 4.39 Å². The Bertz CT molecular complexity index is 1550. The molecule has 0 bridgehead atoms. The van der Waals surface area contributed by atoms with Crippen LogP contribution in [0.3, 0.4) is 0 Å². The fraction of sp³-hybridized carbons (Fsp3) is 0.357. The van der Waals surface area contributed by atoms with E-state index in [1.807, 2.05) is 12.1 Å². The number of ether oxygens (including phenoxy) is 2. The molecule has 9 nitrogen and oxygen atoms in total. The van der Waals surface area contributed by atoms with Gasteiger partial charge in [-0.05, 0) is 43.2 Å². The lowest BCUT2D eigenvalue weighted by Gasteiger charge is -2.18. The van der Waals surface area contributed by atoms with Crippen LogP contribution in [0, 0.1) is 5.82 Å². The minimum absolute atomic E-state index is 0.0988. The van der Waals surface area contributed by atoms with Gasteiger partial charge in [-0.3, -0.25) is 4.79 Å². The van der Waals surface area contributed by atoms with E-state index in [0.717, 1.165) is 43.4 Å². The van der Waals surface area contributed by atoms with Gasteiger partial charge in [-0.15, -0.1) is 5.10 Å². The third-order valence-electron chi connectivity index (χ3n) is 7.22. The first kappa shape index (κ1) is 26.1. The molecule has 1 N–H and O–H groups in total. The van der Waals surface area contributed by atoms with Gasteiger partial charge in [0.15, 0.2) is 5.65 Å². The summed E-state index contributed by atoms with van der Waals surface area (Å²) in [5.41, 5.74) is 0.606. The van der Waals surface area contributed by atoms with E-state index in [2.05, 4.69) is 25.3 Å². The predicted octanol–water partition coefficient (Wildman–Crippen LogP) is 4.66. The van der Waals surface area contributed by atoms with E-state index < -0.39 is 23.7 Å². The number of pyridine rings is 1. The minimum atomic E-state index is -3.13. The van der Waals surface area contributed by atoms with E-state index in [9.17, 15) is 13.6 Å². The van der Waals surface area contributed by atoms with Crippen molar-refractivity contribution in [3.8, 4) is 28.3 Å². The molecule has 1 atom stereocenters. The standard InChI is InChI=1S/C28H27F3N6O3/c1-32-27(38)17-10-20(25(29)21(11-17)26(30)31)22-14-34-24-12-19(28(35-37(22)24)40-18-6-9-39-15-18)16-4-5-23(33-13-16)36-7-2-3-8-36/h4-5,10-14,18,26H,2-3,6-9,15H2,1H3,(H,32,38)/t18-/m0/s1. The Labute approximate surface area is 227 Å². The smallest absolute Gasteiger partial charge is 0.266 e. The predicted molar refractivity (Wildman–Crippen MR) is 141 cm³/mol. The summed E-state index contributed by atoms with van der Waals surface area (Å²) in [5.74, 6) is -0.632. The molecule has 0 radical (unpaired) electrons. The van der Waals surface area contributed by atoms with E-state index in [4.69, 9.17) is 9.47 Å². The molecule has 0 saturated carbocycles. The largest absolute Gasteiger partial charge is 0.470 e. The second-order valence-electron chi connectivity index (χ2n) is 9.79. The Morgan fingerprint density at radius 2 is 1.95 bits per heavy atom. The number of nitrogens with zero attached hydrogens (tertiary/aromatic N) is 5. The molecule has 4 aromatic rings. The first-order valence-electron chi connectivity index (χ1n) is 13.1. The molecule has 1 aromatic carbocycles. The van der Waals surface area contributed by atoms with Gasteiger partial charge in [0.25, 0.3) is 12.3 Å². The average molecular weight is 553 g/mol. The number of hydrogen-bond acceptors (Lipinski definition) is 7. The number of fused-ring (bicyclic) bond motifs is 1. The van der Waals surface area contributed by atoms with Crippen molar-refractivity contribution in [1.82, 2.24) is 24.9 Å². The van der Waals surface area contributed by atoms with E-state index in [-0.39, 0.29) is 28.8 Å². The fourth-order valence-electron chi connectivity index (χ4n) is 5.09. The maximum absolute atomic E-state index is 15.4. The van der Waals surface area contributed by atoms with Crippen LogP contribution in [0.15, 0.2) is 42.7 Å². The molecule has 3 aromatic heterocycles. The molecular formula is C28H27F3N6O3. The number of carbonyl (C=O) groups is 1. The highest BCUT2D eigenvalue weighted by atomic mass is 19.3. The van der Waals surface area contributed by atoms with Crippen LogP contribution in [0.25, 0.3) is 28.0 Å². The topological polar surface area (TPSA) is 93.9 Å². The maximum Gasteiger partial charge on any atom is 0.266 e. The van der Waals surface area contributed by atoms with Crippen LogP contribution in [0.1, 0.15) is 41.6 Å². The summed E-state index contributed by atoms with van der Waals surface area (Å²) in [6, 6.07) is 7.70. The van der Waals surface area contributed by atoms with E-state index in [1.165, 1.54) is 23.8 Å². The minimum Gasteiger partial charge on any atom is -0.470 e. The number of amides is 1. The van der Waals surface area contributed by atoms with Crippen LogP contribution in [0.5, 0.6) is 5.88 Å². The number of benzene rings is 1. The summed E-state index contributed by atoms with van der Waals surface area (Å²) < 4.78 is 55.8. The van der Waals surface area contributed by atoms with Crippen LogP contribution in [-0.4, -0.2) is 64.9 Å². The molecule has 40 heavy (non-hydrogen) atoms. The molecule has 0 aliphatic carbocycles. The normalized spacial score (nSPS) is 17.2. The van der Waals surface area contributed by atoms with Crippen molar-refractivity contribution in [3.63, 3.8) is 0 Å². The Kier molecular flexibility index (Phi) is 7.01. The number of nitrogens with one attached hydrogen (secondary N) is 1. The second kappa shape index (κ2) is 10.8. The molecule has 5 heterocycles. The number of alkyl halides is 2. The zero-order chi connectivity index (χ0) is 27.8. The molecule has 2 fully saturated rings. The van der Waals surface area contributed by atoms with Gasteiger partial charge in [0.2, 0.25) is 5.88 Å². The molecule has 208 valence electrons. The van der Waals surface area contributed by atoms with Gasteiger partial charge in [-0.2, -0.15) is 0 Å². The number of halogens is 3. The second-order valence-corrected chi connectivity index (χ2v) is 9.79. The third-order valence-corrected chi connectivity index (χ3v) is 7.22. The van der Waals surface area contributed by atoms with E-state index in [0.29, 0.717) is 30.8 Å². The lowest BCUT2D eigenvalue weighted by Crippen LogP contribution is -2.19. The van der Waals surface area contributed by atoms with Gasteiger partial charge in [-0.25, -0.2) is 27.7 Å². The van der Waals surface area contributed by atoms with Crippen molar-refractivity contribution in [2.24, 2.45) is 0 Å². The third kappa shape index (κ3) is 4.83. The van der Waals surface area contributed by atoms with Crippen LogP contribution in [0.4, 0.5) is 19.0 Å². The number of carbonyl (C=O) groups excluding carboxylic acids is 1. The number of aromatic nitrogens is 4. The summed E-state index contributed by atoms with van der Waals surface area (Å²) in [7, 11) is 1.37. The van der Waals surface area contributed by atoms with Gasteiger partial charge in [0, 0.05) is 49.4 Å². The molecule has 6 rings (SSSR count). The first-order valence-corrected chi connectivity index (χ1v) is 13.1. The fourth-order valence-corrected chi connectivity index (χ4v) is 5.09. The van der Waals surface area contributed by atoms with Crippen molar-refractivity contribution in [2.75, 3.05) is 38.3 Å². The molecule has 12 heteroatoms. The molecule has 2 saturated heterocycles. The Morgan fingerprint density at radius 3 is 2.62 bits per heavy atom. The van der Waals surface area contributed by atoms with Crippen LogP contribution in [0.2, 0.25) is 0 Å². The van der Waals surface area contributed by atoms with Crippen molar-refractivity contribution in [2.45, 2.75) is 31.8 Å². The Morgan fingerprint density at radius 1 is 1.12 bits per heavy atom. The Hall–Kier alpha value is -4.19. The maximum atomic E-state index is 15.4. The summed E-state index contributed by atoms with van der Waals surface area (Å²) in [5, 5.41) is 7.03. The SMILES string of the molecule is CNC(=O)c1cc(-c2cnc3cc(-c4ccc(N5CCCC5)nc4)c(O[C@H]4CCOC4)nn23)c(F)c(C(F)F)c1. The average Bonchev–Trinajstić information content (AvgIpc) is 3.75. The lowest BCUT2D eigenvalue weighted by molar-refractivity contribution is 0.0962. The molecule has 0 spiro atoms. The summed E-state index contributed by atoms with van der Waals surface area (Å²) in [4.78, 5) is 23.5. The van der Waals surface area contributed by atoms with Crippen molar-refractivity contribution >= 4 is 17.4 Å². The number of imidazole rings is 1. The van der Waals surface area contributed by atoms with E-state index in [1.54, 1.807) is 12.3 Å². The molecule has 2 aliphatic rings. The highest BCUT2D eigenvalue weighted by molar-refractivity contribution is 5.95. The van der Waals surface area contributed by atoms with Crippen LogP contribution < -0.4 is 15.0 Å². The monoisotopic (exact) mass is 552 g/mol.